The molecule has 2 aromatic heterocycles. The number of thiophene rings is 1. The zero-order valence-corrected chi connectivity index (χ0v) is 14.3. The van der Waals surface area contributed by atoms with Crippen LogP contribution in [0.15, 0.2) is 17.4 Å². The predicted molar refractivity (Wildman–Crippen MR) is 84.3 cm³/mol. The highest BCUT2D eigenvalue weighted by Crippen LogP contribution is 2.30. The second-order valence-electron chi connectivity index (χ2n) is 5.60. The molecule has 3 rings (SSSR count). The normalized spacial score (nSPS) is 15.2. The van der Waals surface area contributed by atoms with Crippen LogP contribution in [-0.4, -0.2) is 37.5 Å². The van der Waals surface area contributed by atoms with Gasteiger partial charge in [-0.3, -0.25) is 0 Å². The van der Waals surface area contributed by atoms with Gasteiger partial charge in [0.1, 0.15) is 0 Å². The zero-order chi connectivity index (χ0) is 15.7. The van der Waals surface area contributed by atoms with Gasteiger partial charge in [-0.05, 0) is 37.3 Å². The SMILES string of the molecule is CN(C)OS(=O)(=O)c1ncc(Cc2cc3c(s2)CCCC3)[nH]1. The van der Waals surface area contributed by atoms with E-state index >= 15 is 0 Å². The van der Waals surface area contributed by atoms with Crippen molar-refractivity contribution in [3.05, 3.63) is 33.3 Å². The molecular formula is C14H19N3O3S2. The van der Waals surface area contributed by atoms with Gasteiger partial charge in [0.05, 0.1) is 0 Å². The van der Waals surface area contributed by atoms with Gasteiger partial charge in [-0.1, -0.05) is 0 Å². The van der Waals surface area contributed by atoms with Gasteiger partial charge < -0.3 is 4.98 Å². The summed E-state index contributed by atoms with van der Waals surface area (Å²) in [5.41, 5.74) is 2.23. The molecule has 1 aliphatic carbocycles. The molecule has 22 heavy (non-hydrogen) atoms. The molecule has 0 amide bonds. The number of aromatic amines is 1. The molecule has 1 N–H and O–H groups in total. The van der Waals surface area contributed by atoms with Gasteiger partial charge in [0.2, 0.25) is 0 Å². The molecule has 2 aromatic rings. The number of hydrogen-bond acceptors (Lipinski definition) is 6. The summed E-state index contributed by atoms with van der Waals surface area (Å²) < 4.78 is 28.6. The Morgan fingerprint density at radius 2 is 2.14 bits per heavy atom. The number of fused-ring (bicyclic) bond motifs is 1. The minimum absolute atomic E-state index is 0.155. The minimum atomic E-state index is -3.87. The quantitative estimate of drug-likeness (QED) is 0.843. The molecule has 0 fully saturated rings. The van der Waals surface area contributed by atoms with Crippen LogP contribution in [-0.2, 0) is 33.7 Å². The summed E-state index contributed by atoms with van der Waals surface area (Å²) in [5, 5.41) is 0.975. The van der Waals surface area contributed by atoms with Gasteiger partial charge in [-0.2, -0.15) is 17.8 Å². The molecule has 0 spiro atoms. The predicted octanol–water partition coefficient (Wildman–Crippen LogP) is 2.12. The maximum absolute atomic E-state index is 11.9. The average Bonchev–Trinajstić information content (AvgIpc) is 3.03. The van der Waals surface area contributed by atoms with E-state index < -0.39 is 10.1 Å². The Kier molecular flexibility index (Phi) is 4.35. The van der Waals surface area contributed by atoms with Crippen molar-refractivity contribution in [3.63, 3.8) is 0 Å². The van der Waals surface area contributed by atoms with Crippen molar-refractivity contribution in [2.45, 2.75) is 37.3 Å². The molecule has 1 aliphatic rings. The van der Waals surface area contributed by atoms with Crippen molar-refractivity contribution in [1.82, 2.24) is 15.0 Å². The van der Waals surface area contributed by atoms with Crippen molar-refractivity contribution in [3.8, 4) is 0 Å². The first-order valence-corrected chi connectivity index (χ1v) is 9.43. The van der Waals surface area contributed by atoms with E-state index in [1.165, 1.54) is 48.7 Å². The molecule has 2 heterocycles. The smallest absolute Gasteiger partial charge is 0.330 e. The number of aryl methyl sites for hydroxylation is 2. The van der Waals surface area contributed by atoms with Crippen molar-refractivity contribution < 1.29 is 12.7 Å². The van der Waals surface area contributed by atoms with Crippen molar-refractivity contribution in [1.29, 1.82) is 0 Å². The lowest BCUT2D eigenvalue weighted by atomic mass is 9.99. The van der Waals surface area contributed by atoms with E-state index in [0.717, 1.165) is 17.2 Å². The first-order chi connectivity index (χ1) is 10.4. The Balaban J connectivity index is 1.76. The highest BCUT2D eigenvalue weighted by Gasteiger charge is 2.21. The Morgan fingerprint density at radius 3 is 2.86 bits per heavy atom. The fourth-order valence-corrected chi connectivity index (χ4v) is 4.80. The molecule has 0 aromatic carbocycles. The largest absolute Gasteiger partial charge is 0.347 e. The Hall–Kier alpha value is -1.22. The summed E-state index contributed by atoms with van der Waals surface area (Å²) in [7, 11) is -0.848. The summed E-state index contributed by atoms with van der Waals surface area (Å²) in [6, 6.07) is 2.24. The monoisotopic (exact) mass is 341 g/mol. The topological polar surface area (TPSA) is 75.3 Å². The van der Waals surface area contributed by atoms with Gasteiger partial charge in [-0.15, -0.1) is 11.3 Å². The first-order valence-electron chi connectivity index (χ1n) is 7.20. The number of nitrogens with one attached hydrogen (secondary N) is 1. The van der Waals surface area contributed by atoms with E-state index in [9.17, 15) is 8.42 Å². The molecule has 0 aliphatic heterocycles. The van der Waals surface area contributed by atoms with Crippen LogP contribution in [0.3, 0.4) is 0 Å². The third kappa shape index (κ3) is 3.40. The second-order valence-corrected chi connectivity index (χ2v) is 8.26. The Bertz CT molecular complexity index is 739. The van der Waals surface area contributed by atoms with Crippen molar-refractivity contribution >= 4 is 21.5 Å². The van der Waals surface area contributed by atoms with Crippen LogP contribution in [0.1, 0.15) is 33.9 Å². The Labute approximate surface area is 134 Å². The van der Waals surface area contributed by atoms with E-state index in [-0.39, 0.29) is 5.16 Å². The van der Waals surface area contributed by atoms with Crippen molar-refractivity contribution in [2.75, 3.05) is 14.1 Å². The van der Waals surface area contributed by atoms with Gasteiger partial charge in [0.15, 0.2) is 0 Å². The van der Waals surface area contributed by atoms with Gasteiger partial charge in [0, 0.05) is 42.2 Å². The number of hydroxylamine groups is 2. The van der Waals surface area contributed by atoms with Crippen LogP contribution < -0.4 is 0 Å². The third-order valence-electron chi connectivity index (χ3n) is 3.50. The zero-order valence-electron chi connectivity index (χ0n) is 12.6. The van der Waals surface area contributed by atoms with Crippen LogP contribution in [0.2, 0.25) is 0 Å². The molecule has 0 unspecified atom stereocenters. The summed E-state index contributed by atoms with van der Waals surface area (Å²) in [6.45, 7) is 0. The summed E-state index contributed by atoms with van der Waals surface area (Å²) in [6.07, 6.45) is 7.08. The van der Waals surface area contributed by atoms with E-state index in [4.69, 9.17) is 4.28 Å². The van der Waals surface area contributed by atoms with Crippen LogP contribution >= 0.6 is 11.3 Å². The number of hydrogen-bond donors (Lipinski definition) is 1. The highest BCUT2D eigenvalue weighted by molar-refractivity contribution is 7.86. The molecular weight excluding hydrogens is 322 g/mol. The summed E-state index contributed by atoms with van der Waals surface area (Å²) in [5.74, 6) is 0. The number of nitrogens with zero attached hydrogens (tertiary/aromatic N) is 2. The molecule has 0 atom stereocenters. The van der Waals surface area contributed by atoms with E-state index in [1.807, 2.05) is 11.3 Å². The molecule has 120 valence electrons. The lowest BCUT2D eigenvalue weighted by molar-refractivity contribution is 0.00437. The number of rotatable bonds is 5. The fraction of sp³-hybridized carbons (Fsp3) is 0.500. The van der Waals surface area contributed by atoms with Crippen LogP contribution in [0.25, 0.3) is 0 Å². The number of aromatic nitrogens is 2. The average molecular weight is 341 g/mol. The summed E-state index contributed by atoms with van der Waals surface area (Å²) >= 11 is 1.82. The molecule has 0 radical (unpaired) electrons. The maximum Gasteiger partial charge on any atom is 0.347 e. The highest BCUT2D eigenvalue weighted by atomic mass is 32.2. The van der Waals surface area contributed by atoms with E-state index in [0.29, 0.717) is 6.42 Å². The van der Waals surface area contributed by atoms with Gasteiger partial charge >= 0.3 is 10.1 Å². The van der Waals surface area contributed by atoms with Gasteiger partial charge in [-0.25, -0.2) is 4.98 Å². The molecule has 6 nitrogen and oxygen atoms in total. The molecule has 8 heteroatoms. The number of H-pyrrole nitrogens is 1. The van der Waals surface area contributed by atoms with Crippen LogP contribution in [0, 0.1) is 0 Å². The lowest BCUT2D eigenvalue weighted by Gasteiger charge is -2.08. The molecule has 0 bridgehead atoms. The maximum atomic E-state index is 11.9. The van der Waals surface area contributed by atoms with E-state index in [2.05, 4.69) is 16.0 Å². The fourth-order valence-electron chi connectivity index (χ4n) is 2.61. The molecule has 0 saturated heterocycles. The second kappa shape index (κ2) is 6.11. The third-order valence-corrected chi connectivity index (χ3v) is 5.91. The molecule has 0 saturated carbocycles. The standard InChI is InChI=1S/C14H19N3O3S2/c1-17(2)20-22(18,19)14-15-9-11(16-14)8-12-7-10-5-3-4-6-13(10)21-12/h7,9H,3-6,8H2,1-2H3,(H,15,16). The Morgan fingerprint density at radius 1 is 1.36 bits per heavy atom. The first kappa shape index (κ1) is 15.7. The lowest BCUT2D eigenvalue weighted by Crippen LogP contribution is -2.19. The summed E-state index contributed by atoms with van der Waals surface area (Å²) in [4.78, 5) is 9.49. The minimum Gasteiger partial charge on any atom is -0.330 e. The van der Waals surface area contributed by atoms with E-state index in [1.54, 1.807) is 6.20 Å². The van der Waals surface area contributed by atoms with Crippen LogP contribution in [0.4, 0.5) is 0 Å². The van der Waals surface area contributed by atoms with Gasteiger partial charge in [0.25, 0.3) is 5.16 Å². The number of imidazole rings is 1. The van der Waals surface area contributed by atoms with Crippen LogP contribution in [0.5, 0.6) is 0 Å². The van der Waals surface area contributed by atoms with Crippen molar-refractivity contribution in [2.24, 2.45) is 0 Å².